The highest BCUT2D eigenvalue weighted by molar-refractivity contribution is 5.69. The highest BCUT2D eigenvalue weighted by atomic mass is 16.6. The zero-order valence-corrected chi connectivity index (χ0v) is 12.2. The third kappa shape index (κ3) is 4.12. The molecule has 3 heteroatoms. The monoisotopic (exact) mass is 261 g/mol. The van der Waals surface area contributed by atoms with Gasteiger partial charge >= 0.3 is 6.09 Å². The summed E-state index contributed by atoms with van der Waals surface area (Å²) in [5.41, 5.74) is 0.929. The number of nitrogens with zero attached hydrogens (tertiary/aromatic N) is 1. The summed E-state index contributed by atoms with van der Waals surface area (Å²) in [5, 5.41) is 0. The lowest BCUT2D eigenvalue weighted by Crippen LogP contribution is -2.42. The lowest BCUT2D eigenvalue weighted by atomic mass is 10.1. The Morgan fingerprint density at radius 1 is 1.16 bits per heavy atom. The minimum Gasteiger partial charge on any atom is -0.437 e. The van der Waals surface area contributed by atoms with Gasteiger partial charge in [-0.2, -0.15) is 0 Å². The molecular formula is C16H23NO2. The van der Waals surface area contributed by atoms with E-state index in [9.17, 15) is 4.79 Å². The average molecular weight is 261 g/mol. The Balaban J connectivity index is 2.81. The minimum atomic E-state index is -0.409. The largest absolute Gasteiger partial charge is 0.437 e. The summed E-state index contributed by atoms with van der Waals surface area (Å²) in [4.78, 5) is 13.9. The van der Waals surface area contributed by atoms with Crippen LogP contribution in [-0.4, -0.2) is 23.1 Å². The number of amides is 1. The van der Waals surface area contributed by atoms with E-state index in [1.54, 1.807) is 11.0 Å². The molecule has 1 unspecified atom stereocenters. The molecule has 1 atom stereocenters. The SMILES string of the molecule is C=CC(OC(=O)N(C(C)C)C(C)C)c1ccccc1. The average Bonchev–Trinajstić information content (AvgIpc) is 2.36. The number of hydrogen-bond donors (Lipinski definition) is 0. The fourth-order valence-electron chi connectivity index (χ4n) is 2.08. The summed E-state index contributed by atoms with van der Waals surface area (Å²) in [6.07, 6.45) is 0.930. The van der Waals surface area contributed by atoms with Crippen molar-refractivity contribution in [2.24, 2.45) is 0 Å². The second-order valence-corrected chi connectivity index (χ2v) is 5.05. The van der Waals surface area contributed by atoms with Crippen LogP contribution < -0.4 is 0 Å². The van der Waals surface area contributed by atoms with Crippen molar-refractivity contribution < 1.29 is 9.53 Å². The van der Waals surface area contributed by atoms with Crippen molar-refractivity contribution >= 4 is 6.09 Å². The molecule has 0 fully saturated rings. The molecule has 0 aliphatic carbocycles. The predicted octanol–water partition coefficient (Wildman–Crippen LogP) is 4.17. The number of hydrogen-bond acceptors (Lipinski definition) is 2. The van der Waals surface area contributed by atoms with Crippen LogP contribution in [-0.2, 0) is 4.74 Å². The Morgan fingerprint density at radius 2 is 1.68 bits per heavy atom. The van der Waals surface area contributed by atoms with Crippen LogP contribution in [0.4, 0.5) is 4.79 Å². The molecule has 104 valence electrons. The Kier molecular flexibility index (Phi) is 5.61. The minimum absolute atomic E-state index is 0.105. The first-order valence-corrected chi connectivity index (χ1v) is 6.63. The van der Waals surface area contributed by atoms with Crippen molar-refractivity contribution in [1.29, 1.82) is 0 Å². The number of ether oxygens (including phenoxy) is 1. The molecule has 0 N–H and O–H groups in total. The van der Waals surface area contributed by atoms with Crippen LogP contribution in [0.3, 0.4) is 0 Å². The van der Waals surface area contributed by atoms with E-state index in [1.165, 1.54) is 0 Å². The van der Waals surface area contributed by atoms with Gasteiger partial charge in [0.05, 0.1) is 0 Å². The van der Waals surface area contributed by atoms with Gasteiger partial charge in [-0.05, 0) is 39.3 Å². The summed E-state index contributed by atoms with van der Waals surface area (Å²) >= 11 is 0. The van der Waals surface area contributed by atoms with E-state index in [0.717, 1.165) is 5.56 Å². The maximum atomic E-state index is 12.2. The van der Waals surface area contributed by atoms with Gasteiger partial charge in [0.25, 0.3) is 0 Å². The third-order valence-corrected chi connectivity index (χ3v) is 2.89. The molecule has 1 aromatic rings. The third-order valence-electron chi connectivity index (χ3n) is 2.89. The van der Waals surface area contributed by atoms with Gasteiger partial charge in [0.15, 0.2) is 0 Å². The summed E-state index contributed by atoms with van der Waals surface area (Å²) in [7, 11) is 0. The lowest BCUT2D eigenvalue weighted by molar-refractivity contribution is 0.0600. The van der Waals surface area contributed by atoms with Crippen LogP contribution in [0.15, 0.2) is 43.0 Å². The number of carbonyl (C=O) groups is 1. The van der Waals surface area contributed by atoms with Crippen molar-refractivity contribution in [3.8, 4) is 0 Å². The van der Waals surface area contributed by atoms with E-state index in [-0.39, 0.29) is 18.2 Å². The van der Waals surface area contributed by atoms with Gasteiger partial charge in [-0.15, -0.1) is 0 Å². The van der Waals surface area contributed by atoms with Crippen LogP contribution in [0.1, 0.15) is 39.4 Å². The molecule has 0 heterocycles. The van der Waals surface area contributed by atoms with Crippen LogP contribution in [0.25, 0.3) is 0 Å². The predicted molar refractivity (Wildman–Crippen MR) is 78.0 cm³/mol. The normalized spacial score (nSPS) is 12.3. The molecule has 1 amide bonds. The molecule has 3 nitrogen and oxygen atoms in total. The van der Waals surface area contributed by atoms with Crippen molar-refractivity contribution in [2.45, 2.75) is 45.9 Å². The van der Waals surface area contributed by atoms with Gasteiger partial charge in [0.2, 0.25) is 0 Å². The van der Waals surface area contributed by atoms with Crippen molar-refractivity contribution in [3.05, 3.63) is 48.6 Å². The Labute approximate surface area is 115 Å². The standard InChI is InChI=1S/C16H23NO2/c1-6-15(14-10-8-7-9-11-14)19-16(18)17(12(2)3)13(4)5/h6-13,15H,1H2,2-5H3. The number of carbonyl (C=O) groups excluding carboxylic acids is 1. The van der Waals surface area contributed by atoms with E-state index in [4.69, 9.17) is 4.74 Å². The molecule has 0 aliphatic heterocycles. The number of benzene rings is 1. The molecule has 0 spiro atoms. The molecule has 0 aliphatic rings. The quantitative estimate of drug-likeness (QED) is 0.744. The van der Waals surface area contributed by atoms with Gasteiger partial charge in [-0.3, -0.25) is 0 Å². The highest BCUT2D eigenvalue weighted by Crippen LogP contribution is 2.20. The second kappa shape index (κ2) is 6.98. The molecule has 0 aromatic heterocycles. The van der Waals surface area contributed by atoms with Gasteiger partial charge in [0, 0.05) is 12.1 Å². The van der Waals surface area contributed by atoms with Crippen LogP contribution in [0.2, 0.25) is 0 Å². The van der Waals surface area contributed by atoms with E-state index < -0.39 is 6.10 Å². The summed E-state index contributed by atoms with van der Waals surface area (Å²) in [6.45, 7) is 11.7. The second-order valence-electron chi connectivity index (χ2n) is 5.05. The summed E-state index contributed by atoms with van der Waals surface area (Å²) in [5.74, 6) is 0. The van der Waals surface area contributed by atoms with Crippen LogP contribution in [0.5, 0.6) is 0 Å². The van der Waals surface area contributed by atoms with Crippen molar-refractivity contribution in [2.75, 3.05) is 0 Å². The van der Waals surface area contributed by atoms with E-state index >= 15 is 0 Å². The topological polar surface area (TPSA) is 29.5 Å². The number of rotatable bonds is 5. The van der Waals surface area contributed by atoms with E-state index in [0.29, 0.717) is 0 Å². The Hall–Kier alpha value is -1.77. The molecular weight excluding hydrogens is 238 g/mol. The molecule has 0 bridgehead atoms. The van der Waals surface area contributed by atoms with E-state index in [2.05, 4.69) is 6.58 Å². The van der Waals surface area contributed by atoms with Crippen molar-refractivity contribution in [3.63, 3.8) is 0 Å². The summed E-state index contributed by atoms with van der Waals surface area (Å²) < 4.78 is 5.54. The van der Waals surface area contributed by atoms with Gasteiger partial charge in [-0.1, -0.05) is 36.9 Å². The molecule has 19 heavy (non-hydrogen) atoms. The first-order valence-electron chi connectivity index (χ1n) is 6.63. The fourth-order valence-corrected chi connectivity index (χ4v) is 2.08. The van der Waals surface area contributed by atoms with Crippen molar-refractivity contribution in [1.82, 2.24) is 4.90 Å². The van der Waals surface area contributed by atoms with Crippen LogP contribution >= 0.6 is 0 Å². The maximum absolute atomic E-state index is 12.2. The van der Waals surface area contributed by atoms with Gasteiger partial charge in [-0.25, -0.2) is 4.79 Å². The highest BCUT2D eigenvalue weighted by Gasteiger charge is 2.24. The molecule has 1 aromatic carbocycles. The van der Waals surface area contributed by atoms with Gasteiger partial charge < -0.3 is 9.64 Å². The zero-order valence-electron chi connectivity index (χ0n) is 12.2. The zero-order chi connectivity index (χ0) is 14.4. The van der Waals surface area contributed by atoms with Crippen LogP contribution in [0, 0.1) is 0 Å². The first-order chi connectivity index (χ1) is 8.97. The lowest BCUT2D eigenvalue weighted by Gasteiger charge is -2.31. The fraction of sp³-hybridized carbons (Fsp3) is 0.438. The Bertz CT molecular complexity index is 404. The van der Waals surface area contributed by atoms with E-state index in [1.807, 2.05) is 58.0 Å². The molecule has 1 rings (SSSR count). The maximum Gasteiger partial charge on any atom is 0.411 e. The molecule has 0 saturated carbocycles. The Morgan fingerprint density at radius 3 is 2.11 bits per heavy atom. The first kappa shape index (κ1) is 15.3. The molecule has 0 radical (unpaired) electrons. The van der Waals surface area contributed by atoms with Gasteiger partial charge in [0.1, 0.15) is 6.10 Å². The smallest absolute Gasteiger partial charge is 0.411 e. The summed E-state index contributed by atoms with van der Waals surface area (Å²) in [6, 6.07) is 9.83. The molecule has 0 saturated heterocycles.